The molecule has 0 N–H and O–H groups in total. The third-order valence-electron chi connectivity index (χ3n) is 1.000. The first kappa shape index (κ1) is 36.5. The third-order valence-corrected chi connectivity index (χ3v) is 1.000. The van der Waals surface area contributed by atoms with E-state index in [-0.39, 0.29) is 0 Å². The molecule has 0 atom stereocenters. The predicted molar refractivity (Wildman–Crippen MR) is 103 cm³/mol. The Hall–Kier alpha value is -0.700. The fraction of sp³-hybridized carbons (Fsp3) is 0.800. The lowest BCUT2D eigenvalue weighted by Crippen LogP contribution is -2.02. The Labute approximate surface area is 133 Å². The molecule has 20 heavy (non-hydrogen) atoms. The van der Waals surface area contributed by atoms with Crippen LogP contribution in [-0.4, -0.2) is 0 Å². The van der Waals surface area contributed by atoms with Gasteiger partial charge in [-0.2, -0.15) is 0 Å². The molecule has 0 fully saturated rings. The molecule has 0 radical (unpaired) electrons. The van der Waals surface area contributed by atoms with Gasteiger partial charge < -0.3 is 0 Å². The van der Waals surface area contributed by atoms with Crippen LogP contribution in [0.5, 0.6) is 0 Å². The average Bonchev–Trinajstić information content (AvgIpc) is 2.36. The van der Waals surface area contributed by atoms with E-state index >= 15 is 0 Å². The zero-order chi connectivity index (χ0) is 18.4. The van der Waals surface area contributed by atoms with Crippen LogP contribution in [0, 0.1) is 23.7 Å². The molecule has 0 rings (SSSR count). The van der Waals surface area contributed by atoms with Gasteiger partial charge in [0.2, 0.25) is 0 Å². The van der Waals surface area contributed by atoms with Crippen LogP contribution >= 0.6 is 0 Å². The van der Waals surface area contributed by atoms with E-state index in [1.54, 1.807) is 0 Å². The topological polar surface area (TPSA) is 0 Å². The molecule has 0 aliphatic carbocycles. The molecule has 0 aromatic carbocycles. The van der Waals surface area contributed by atoms with Crippen molar-refractivity contribution in [2.75, 3.05) is 0 Å². The van der Waals surface area contributed by atoms with Crippen LogP contribution in [0.3, 0.4) is 0 Å². The summed E-state index contributed by atoms with van der Waals surface area (Å²) in [5.74, 6) is 0. The maximum Gasteiger partial charge on any atom is -0.0383 e. The summed E-state index contributed by atoms with van der Waals surface area (Å²) < 4.78 is 0. The summed E-state index contributed by atoms with van der Waals surface area (Å²) in [6.07, 6.45) is 10.6. The first-order valence-corrected chi connectivity index (χ1v) is 7.89. The molecule has 0 heterocycles. The molecular weight excluding hydrogens is 240 g/mol. The molecule has 0 saturated carbocycles. The highest BCUT2D eigenvalue weighted by Crippen LogP contribution is 2.19. The summed E-state index contributed by atoms with van der Waals surface area (Å²) >= 11 is 0. The molecule has 0 aromatic heterocycles. The van der Waals surface area contributed by atoms with Gasteiger partial charge in [-0.05, 0) is 17.3 Å². The zero-order valence-corrected chi connectivity index (χ0v) is 17.0. The molecule has 0 bridgehead atoms. The Morgan fingerprint density at radius 1 is 0.700 bits per heavy atom. The van der Waals surface area contributed by atoms with Crippen molar-refractivity contribution in [2.24, 2.45) is 10.8 Å². The van der Waals surface area contributed by atoms with Gasteiger partial charge in [-0.25, -0.2) is 0 Å². The monoisotopic (exact) mass is 286 g/mol. The van der Waals surface area contributed by atoms with Crippen LogP contribution in [0.4, 0.5) is 0 Å². The van der Waals surface area contributed by atoms with Gasteiger partial charge in [0.1, 0.15) is 0 Å². The number of terminal acetylenes is 1. The van der Waals surface area contributed by atoms with Gasteiger partial charge >= 0.3 is 0 Å². The lowest BCUT2D eigenvalue weighted by atomic mass is 9.91. The standard InChI is InChI=1S/C7H16.C5H12.2C2H6.C2H4.C2H2/c1-5-6-7(2,3)4;1-5(2,3)4;4*1-2/h5-6H2,1-4H3;1-4H3;2*1-2H3;1-2H2;1-2H. The number of hydrogen-bond acceptors (Lipinski definition) is 0. The minimum absolute atomic E-state index is 0.500. The summed E-state index contributed by atoms with van der Waals surface area (Å²) in [5, 5.41) is 0. The molecule has 0 aliphatic heterocycles. The van der Waals surface area contributed by atoms with Gasteiger partial charge in [-0.15, -0.1) is 26.0 Å². The van der Waals surface area contributed by atoms with Crippen LogP contribution in [0.1, 0.15) is 95.9 Å². The van der Waals surface area contributed by atoms with E-state index in [2.05, 4.69) is 81.4 Å². The summed E-state index contributed by atoms with van der Waals surface area (Å²) in [7, 11) is 0. The first-order valence-electron chi connectivity index (χ1n) is 7.89. The lowest BCUT2D eigenvalue weighted by molar-refractivity contribution is 0.373. The Morgan fingerprint density at radius 2 is 0.850 bits per heavy atom. The smallest absolute Gasteiger partial charge is 0.0383 e. The summed E-state index contributed by atoms with van der Waals surface area (Å²) in [4.78, 5) is 0. The fourth-order valence-electron chi connectivity index (χ4n) is 0.750. The quantitative estimate of drug-likeness (QED) is 0.338. The number of hydrogen-bond donors (Lipinski definition) is 0. The minimum atomic E-state index is 0.500. The van der Waals surface area contributed by atoms with Crippen molar-refractivity contribution >= 4 is 0 Å². The van der Waals surface area contributed by atoms with Crippen LogP contribution in [0.15, 0.2) is 13.2 Å². The van der Waals surface area contributed by atoms with E-state index in [1.807, 2.05) is 27.7 Å². The molecule has 0 unspecified atom stereocenters. The second-order valence-corrected chi connectivity index (χ2v) is 6.31. The molecule has 0 saturated heterocycles. The summed E-state index contributed by atoms with van der Waals surface area (Å²) in [6.45, 7) is 31.8. The van der Waals surface area contributed by atoms with Gasteiger partial charge in [0.25, 0.3) is 0 Å². The maximum absolute atomic E-state index is 4.00. The molecule has 0 amide bonds. The molecule has 0 spiro atoms. The molecule has 0 aromatic rings. The van der Waals surface area contributed by atoms with Crippen molar-refractivity contribution in [1.82, 2.24) is 0 Å². The molecule has 0 aliphatic rings. The largest absolute Gasteiger partial charge is 0.124 e. The number of rotatable bonds is 1. The highest BCUT2D eigenvalue weighted by atomic mass is 14.1. The predicted octanol–water partition coefficient (Wildman–Crippen LogP) is 7.99. The third kappa shape index (κ3) is 422. The fourth-order valence-corrected chi connectivity index (χ4v) is 0.750. The molecular formula is C20H46. The van der Waals surface area contributed by atoms with Crippen LogP contribution < -0.4 is 0 Å². The highest BCUT2D eigenvalue weighted by Gasteiger charge is 2.06. The van der Waals surface area contributed by atoms with E-state index in [0.29, 0.717) is 10.8 Å². The van der Waals surface area contributed by atoms with E-state index in [0.717, 1.165) is 0 Å². The van der Waals surface area contributed by atoms with E-state index in [9.17, 15) is 0 Å². The van der Waals surface area contributed by atoms with Crippen molar-refractivity contribution in [3.05, 3.63) is 13.2 Å². The highest BCUT2D eigenvalue weighted by molar-refractivity contribution is 4.58. The van der Waals surface area contributed by atoms with Crippen molar-refractivity contribution < 1.29 is 0 Å². The van der Waals surface area contributed by atoms with E-state index in [1.165, 1.54) is 12.8 Å². The van der Waals surface area contributed by atoms with Gasteiger partial charge in [0.15, 0.2) is 0 Å². The summed E-state index contributed by atoms with van der Waals surface area (Å²) in [6, 6.07) is 0. The van der Waals surface area contributed by atoms with E-state index in [4.69, 9.17) is 0 Å². The van der Waals surface area contributed by atoms with Gasteiger partial charge in [0.05, 0.1) is 0 Å². The van der Waals surface area contributed by atoms with Gasteiger partial charge in [-0.3, -0.25) is 0 Å². The van der Waals surface area contributed by atoms with Gasteiger partial charge in [-0.1, -0.05) is 89.5 Å². The van der Waals surface area contributed by atoms with Crippen LogP contribution in [0.25, 0.3) is 0 Å². The normalized spacial score (nSPS) is 8.10. The van der Waals surface area contributed by atoms with Crippen LogP contribution in [-0.2, 0) is 0 Å². The second kappa shape index (κ2) is 31.0. The van der Waals surface area contributed by atoms with Crippen molar-refractivity contribution in [1.29, 1.82) is 0 Å². The maximum atomic E-state index is 4.00. The average molecular weight is 287 g/mol. The van der Waals surface area contributed by atoms with E-state index < -0.39 is 0 Å². The SMILES string of the molecule is C#C.C=C.CC.CC.CC(C)(C)C.CCCC(C)(C)C. The molecule has 126 valence electrons. The Morgan fingerprint density at radius 3 is 0.850 bits per heavy atom. The Kier molecular flexibility index (Phi) is 56.6. The summed E-state index contributed by atoms with van der Waals surface area (Å²) in [5.41, 5.74) is 1.05. The zero-order valence-electron chi connectivity index (χ0n) is 17.0. The lowest BCUT2D eigenvalue weighted by Gasteiger charge is -2.15. The Balaban J connectivity index is -0.0000000333. The second-order valence-electron chi connectivity index (χ2n) is 6.31. The van der Waals surface area contributed by atoms with Crippen molar-refractivity contribution in [2.45, 2.75) is 95.9 Å². The Bertz CT molecular complexity index is 120. The minimum Gasteiger partial charge on any atom is -0.124 e. The van der Waals surface area contributed by atoms with Gasteiger partial charge in [0, 0.05) is 0 Å². The van der Waals surface area contributed by atoms with Crippen LogP contribution in [0.2, 0.25) is 0 Å². The first-order chi connectivity index (χ1) is 9.06. The molecule has 0 heteroatoms. The molecule has 0 nitrogen and oxygen atoms in total. The van der Waals surface area contributed by atoms with Crippen molar-refractivity contribution in [3.8, 4) is 12.8 Å². The van der Waals surface area contributed by atoms with Crippen molar-refractivity contribution in [3.63, 3.8) is 0 Å².